The van der Waals surface area contributed by atoms with Crippen LogP contribution in [0.15, 0.2) is 36.7 Å². The Morgan fingerprint density at radius 3 is 2.84 bits per heavy atom. The summed E-state index contributed by atoms with van der Waals surface area (Å²) in [5.41, 5.74) is 2.67. The molecule has 0 aliphatic carbocycles. The smallest absolute Gasteiger partial charge is 0.126 e. The van der Waals surface area contributed by atoms with Crippen molar-refractivity contribution < 1.29 is 0 Å². The van der Waals surface area contributed by atoms with Crippen molar-refractivity contribution in [3.05, 3.63) is 53.6 Å². The van der Waals surface area contributed by atoms with Gasteiger partial charge in [-0.2, -0.15) is 0 Å². The van der Waals surface area contributed by atoms with Gasteiger partial charge in [0.15, 0.2) is 0 Å². The van der Waals surface area contributed by atoms with Gasteiger partial charge >= 0.3 is 0 Å². The minimum absolute atomic E-state index is 0.279. The van der Waals surface area contributed by atoms with Crippen LogP contribution < -0.4 is 5.32 Å². The topological polar surface area (TPSA) is 29.9 Å². The van der Waals surface area contributed by atoms with Crippen molar-refractivity contribution in [3.63, 3.8) is 0 Å². The molecule has 0 fully saturated rings. The van der Waals surface area contributed by atoms with Crippen molar-refractivity contribution in [3.8, 4) is 0 Å². The van der Waals surface area contributed by atoms with E-state index in [2.05, 4.69) is 66.1 Å². The summed E-state index contributed by atoms with van der Waals surface area (Å²) >= 11 is 0. The first-order valence-electron chi connectivity index (χ1n) is 7.04. The summed E-state index contributed by atoms with van der Waals surface area (Å²) in [4.78, 5) is 4.53. The van der Waals surface area contributed by atoms with Gasteiger partial charge in [0.05, 0.1) is 6.04 Å². The molecule has 1 aromatic carbocycles. The molecule has 1 unspecified atom stereocenters. The van der Waals surface area contributed by atoms with E-state index < -0.39 is 0 Å². The van der Waals surface area contributed by atoms with Gasteiger partial charge < -0.3 is 9.88 Å². The summed E-state index contributed by atoms with van der Waals surface area (Å²) in [5.74, 6) is 1.13. The quantitative estimate of drug-likeness (QED) is 0.861. The second-order valence-electron chi connectivity index (χ2n) is 4.87. The number of nitrogens with zero attached hydrogens (tertiary/aromatic N) is 2. The predicted octanol–water partition coefficient (Wildman–Crippen LogP) is 3.10. The van der Waals surface area contributed by atoms with Crippen LogP contribution in [-0.2, 0) is 13.0 Å². The van der Waals surface area contributed by atoms with Crippen molar-refractivity contribution in [1.82, 2.24) is 14.9 Å². The number of benzene rings is 1. The van der Waals surface area contributed by atoms with Gasteiger partial charge in [0, 0.05) is 18.9 Å². The Kier molecular flexibility index (Phi) is 4.74. The van der Waals surface area contributed by atoms with Crippen molar-refractivity contribution in [2.45, 2.75) is 39.8 Å². The first kappa shape index (κ1) is 13.8. The molecule has 2 rings (SSSR count). The summed E-state index contributed by atoms with van der Waals surface area (Å²) in [5, 5.41) is 3.54. The SMILES string of the molecule is CCNC(Cc1cccc(C)c1)c1nccn1CC. The lowest BCUT2D eigenvalue weighted by molar-refractivity contribution is 0.495. The molecule has 2 aromatic rings. The second-order valence-corrected chi connectivity index (χ2v) is 4.87. The molecule has 0 saturated carbocycles. The van der Waals surface area contributed by atoms with Gasteiger partial charge in [0.2, 0.25) is 0 Å². The molecule has 1 aromatic heterocycles. The third kappa shape index (κ3) is 3.44. The van der Waals surface area contributed by atoms with Crippen LogP contribution in [0, 0.1) is 6.92 Å². The fraction of sp³-hybridized carbons (Fsp3) is 0.438. The van der Waals surface area contributed by atoms with Crippen LogP contribution >= 0.6 is 0 Å². The van der Waals surface area contributed by atoms with E-state index >= 15 is 0 Å². The van der Waals surface area contributed by atoms with Gasteiger partial charge in [0.25, 0.3) is 0 Å². The van der Waals surface area contributed by atoms with Gasteiger partial charge in [-0.15, -0.1) is 0 Å². The first-order chi connectivity index (χ1) is 9.24. The first-order valence-corrected chi connectivity index (χ1v) is 7.04. The van der Waals surface area contributed by atoms with E-state index in [-0.39, 0.29) is 6.04 Å². The van der Waals surface area contributed by atoms with E-state index in [0.29, 0.717) is 0 Å². The maximum Gasteiger partial charge on any atom is 0.126 e. The fourth-order valence-electron chi connectivity index (χ4n) is 2.47. The second kappa shape index (κ2) is 6.53. The van der Waals surface area contributed by atoms with Crippen LogP contribution in [0.5, 0.6) is 0 Å². The van der Waals surface area contributed by atoms with Crippen LogP contribution in [0.3, 0.4) is 0 Å². The number of aromatic nitrogens is 2. The molecule has 102 valence electrons. The van der Waals surface area contributed by atoms with Gasteiger partial charge in [-0.25, -0.2) is 4.98 Å². The van der Waals surface area contributed by atoms with Crippen molar-refractivity contribution in [1.29, 1.82) is 0 Å². The molecule has 0 radical (unpaired) electrons. The monoisotopic (exact) mass is 257 g/mol. The van der Waals surface area contributed by atoms with Gasteiger partial charge in [-0.1, -0.05) is 36.8 Å². The summed E-state index contributed by atoms with van der Waals surface area (Å²) in [6, 6.07) is 8.99. The highest BCUT2D eigenvalue weighted by Crippen LogP contribution is 2.18. The highest BCUT2D eigenvalue weighted by molar-refractivity contribution is 5.23. The normalized spacial score (nSPS) is 12.6. The molecule has 1 N–H and O–H groups in total. The average molecular weight is 257 g/mol. The zero-order valence-electron chi connectivity index (χ0n) is 12.1. The highest BCUT2D eigenvalue weighted by atomic mass is 15.1. The molecular weight excluding hydrogens is 234 g/mol. The van der Waals surface area contributed by atoms with E-state index in [4.69, 9.17) is 0 Å². The molecule has 0 bridgehead atoms. The van der Waals surface area contributed by atoms with Gasteiger partial charge in [-0.3, -0.25) is 0 Å². The van der Waals surface area contributed by atoms with E-state index in [1.165, 1.54) is 11.1 Å². The maximum atomic E-state index is 4.53. The molecule has 1 atom stereocenters. The zero-order valence-corrected chi connectivity index (χ0v) is 12.1. The molecule has 3 heteroatoms. The Hall–Kier alpha value is -1.61. The summed E-state index contributed by atoms with van der Waals surface area (Å²) < 4.78 is 2.21. The van der Waals surface area contributed by atoms with Crippen molar-refractivity contribution >= 4 is 0 Å². The van der Waals surface area contributed by atoms with Gasteiger partial charge in [0.1, 0.15) is 5.82 Å². The Labute approximate surface area is 115 Å². The van der Waals surface area contributed by atoms with E-state index in [1.54, 1.807) is 0 Å². The Bertz CT molecular complexity index is 516. The van der Waals surface area contributed by atoms with Crippen LogP contribution in [-0.4, -0.2) is 16.1 Å². The van der Waals surface area contributed by atoms with Crippen LogP contribution in [0.25, 0.3) is 0 Å². The fourth-order valence-corrected chi connectivity index (χ4v) is 2.47. The largest absolute Gasteiger partial charge is 0.334 e. The molecule has 0 saturated heterocycles. The highest BCUT2D eigenvalue weighted by Gasteiger charge is 2.16. The number of hydrogen-bond acceptors (Lipinski definition) is 2. The Balaban J connectivity index is 2.21. The van der Waals surface area contributed by atoms with E-state index in [1.807, 2.05) is 6.20 Å². The molecule has 0 amide bonds. The standard InChI is InChI=1S/C16H23N3/c1-4-17-15(16-18-9-10-19(16)5-2)12-14-8-6-7-13(3)11-14/h6-11,15,17H,4-5,12H2,1-3H3. The van der Waals surface area contributed by atoms with Crippen LogP contribution in [0.1, 0.15) is 36.8 Å². The zero-order chi connectivity index (χ0) is 13.7. The molecule has 0 aliphatic heterocycles. The van der Waals surface area contributed by atoms with Crippen LogP contribution in [0.2, 0.25) is 0 Å². The summed E-state index contributed by atoms with van der Waals surface area (Å²) in [7, 11) is 0. The number of imidazole rings is 1. The van der Waals surface area contributed by atoms with Crippen molar-refractivity contribution in [2.24, 2.45) is 0 Å². The predicted molar refractivity (Wildman–Crippen MR) is 79.2 cm³/mol. The lowest BCUT2D eigenvalue weighted by atomic mass is 10.0. The lowest BCUT2D eigenvalue weighted by Gasteiger charge is -2.19. The number of rotatable bonds is 6. The molecular formula is C16H23N3. The number of aryl methyl sites for hydroxylation is 2. The van der Waals surface area contributed by atoms with E-state index in [9.17, 15) is 0 Å². The third-order valence-corrected chi connectivity index (χ3v) is 3.37. The molecule has 1 heterocycles. The number of likely N-dealkylation sites (N-methyl/N-ethyl adjacent to an activating group) is 1. The third-order valence-electron chi connectivity index (χ3n) is 3.37. The minimum Gasteiger partial charge on any atom is -0.334 e. The summed E-state index contributed by atoms with van der Waals surface area (Å²) in [6.45, 7) is 8.35. The minimum atomic E-state index is 0.279. The maximum absolute atomic E-state index is 4.53. The average Bonchev–Trinajstić information content (AvgIpc) is 2.86. The molecule has 0 aliphatic rings. The number of hydrogen-bond donors (Lipinski definition) is 1. The van der Waals surface area contributed by atoms with E-state index in [0.717, 1.165) is 25.3 Å². The molecule has 19 heavy (non-hydrogen) atoms. The summed E-state index contributed by atoms with van der Waals surface area (Å²) in [6.07, 6.45) is 4.92. The lowest BCUT2D eigenvalue weighted by Crippen LogP contribution is -2.26. The number of nitrogens with one attached hydrogen (secondary N) is 1. The Morgan fingerprint density at radius 1 is 1.32 bits per heavy atom. The van der Waals surface area contributed by atoms with Crippen LogP contribution in [0.4, 0.5) is 0 Å². The van der Waals surface area contributed by atoms with Crippen molar-refractivity contribution in [2.75, 3.05) is 6.54 Å². The molecule has 3 nitrogen and oxygen atoms in total. The molecule has 0 spiro atoms. The van der Waals surface area contributed by atoms with Gasteiger partial charge in [-0.05, 0) is 32.4 Å². The Morgan fingerprint density at radius 2 is 2.16 bits per heavy atom.